The molecule has 1 heterocycles. The molecule has 1 aliphatic rings. The molecule has 1 fully saturated rings. The molecule has 1 amide bonds. The average molecular weight is 328 g/mol. The predicted octanol–water partition coefficient (Wildman–Crippen LogP) is 3.18. The molecule has 3 rings (SSSR count). The van der Waals surface area contributed by atoms with Crippen LogP contribution in [-0.2, 0) is 11.4 Å². The highest BCUT2D eigenvalue weighted by Gasteiger charge is 2.22. The molecule has 0 saturated carbocycles. The van der Waals surface area contributed by atoms with Gasteiger partial charge in [-0.1, -0.05) is 30.3 Å². The van der Waals surface area contributed by atoms with Gasteiger partial charge in [-0.2, -0.15) is 0 Å². The predicted molar refractivity (Wildman–Crippen MR) is 94.8 cm³/mol. The van der Waals surface area contributed by atoms with E-state index in [2.05, 4.69) is 10.6 Å². The number of ether oxygens (including phenoxy) is 1. The van der Waals surface area contributed by atoms with Crippen LogP contribution in [0.4, 0.5) is 5.69 Å². The van der Waals surface area contributed by atoms with Crippen LogP contribution >= 0.6 is 11.8 Å². The van der Waals surface area contributed by atoms with E-state index in [0.29, 0.717) is 6.61 Å². The van der Waals surface area contributed by atoms with Gasteiger partial charge in [0.2, 0.25) is 5.91 Å². The number of hydrogen-bond acceptors (Lipinski definition) is 4. The van der Waals surface area contributed by atoms with Crippen molar-refractivity contribution in [3.63, 3.8) is 0 Å². The summed E-state index contributed by atoms with van der Waals surface area (Å²) < 4.78 is 5.80. The lowest BCUT2D eigenvalue weighted by Crippen LogP contribution is -2.37. The van der Waals surface area contributed by atoms with Crippen LogP contribution in [0.3, 0.4) is 0 Å². The van der Waals surface area contributed by atoms with E-state index >= 15 is 0 Å². The number of nitrogens with one attached hydrogen (secondary N) is 2. The second-order valence-electron chi connectivity index (χ2n) is 5.51. The van der Waals surface area contributed by atoms with E-state index in [9.17, 15) is 4.79 Å². The van der Waals surface area contributed by atoms with Gasteiger partial charge in [-0.05, 0) is 36.2 Å². The van der Waals surface area contributed by atoms with E-state index < -0.39 is 0 Å². The Morgan fingerprint density at radius 3 is 2.83 bits per heavy atom. The van der Waals surface area contributed by atoms with Crippen molar-refractivity contribution in [3.05, 3.63) is 59.7 Å². The first-order valence-electron chi connectivity index (χ1n) is 7.62. The molecule has 1 saturated heterocycles. The van der Waals surface area contributed by atoms with E-state index in [1.807, 2.05) is 55.5 Å². The van der Waals surface area contributed by atoms with Crippen molar-refractivity contribution in [2.45, 2.75) is 19.6 Å². The fraction of sp³-hybridized carbons (Fsp3) is 0.278. The number of anilines is 1. The number of aryl methyl sites for hydroxylation is 1. The lowest BCUT2D eigenvalue weighted by atomic mass is 10.1. The van der Waals surface area contributed by atoms with Gasteiger partial charge in [-0.3, -0.25) is 10.1 Å². The zero-order valence-electron chi connectivity index (χ0n) is 13.0. The van der Waals surface area contributed by atoms with Crippen LogP contribution in [0.2, 0.25) is 0 Å². The third-order valence-electron chi connectivity index (χ3n) is 3.74. The third-order valence-corrected chi connectivity index (χ3v) is 4.68. The molecule has 5 heteroatoms. The fourth-order valence-electron chi connectivity index (χ4n) is 2.39. The van der Waals surface area contributed by atoms with Crippen molar-refractivity contribution in [1.82, 2.24) is 5.32 Å². The number of carbonyl (C=O) groups excluding carboxylic acids is 1. The molecule has 0 radical (unpaired) electrons. The number of rotatable bonds is 5. The molecule has 0 spiro atoms. The summed E-state index contributed by atoms with van der Waals surface area (Å²) in [6, 6.07) is 15.7. The summed E-state index contributed by atoms with van der Waals surface area (Å²) in [6.07, 6.45) is 0. The first kappa shape index (κ1) is 15.9. The van der Waals surface area contributed by atoms with Crippen molar-refractivity contribution >= 4 is 23.4 Å². The smallest absolute Gasteiger partial charge is 0.242 e. The minimum Gasteiger partial charge on any atom is -0.489 e. The molecule has 1 atom stereocenters. The van der Waals surface area contributed by atoms with Crippen LogP contribution in [-0.4, -0.2) is 23.6 Å². The van der Waals surface area contributed by atoms with Gasteiger partial charge >= 0.3 is 0 Å². The molecule has 2 aromatic rings. The topological polar surface area (TPSA) is 50.4 Å². The van der Waals surface area contributed by atoms with Gasteiger partial charge in [0.15, 0.2) is 0 Å². The van der Waals surface area contributed by atoms with Gasteiger partial charge in [0.1, 0.15) is 12.4 Å². The maximum Gasteiger partial charge on any atom is 0.242 e. The highest BCUT2D eigenvalue weighted by atomic mass is 32.2. The number of hydrogen-bond donors (Lipinski definition) is 2. The number of thioether (sulfide) groups is 1. The summed E-state index contributed by atoms with van der Waals surface area (Å²) in [4.78, 5) is 12.1. The van der Waals surface area contributed by atoms with Crippen LogP contribution in [0.15, 0.2) is 48.5 Å². The van der Waals surface area contributed by atoms with E-state index in [1.165, 1.54) is 0 Å². The molecule has 2 aromatic carbocycles. The Kier molecular flexibility index (Phi) is 5.20. The quantitative estimate of drug-likeness (QED) is 0.885. The Morgan fingerprint density at radius 2 is 2.13 bits per heavy atom. The molecule has 0 aliphatic carbocycles. The standard InChI is InChI=1S/C18H20N2O2S/c1-13-9-15(22-10-14-5-3-2-4-6-14)7-8-16(13)20-18(21)17-11-23-12-19-17/h2-9,17,19H,10-12H2,1H3,(H,20,21). The molecule has 1 aliphatic heterocycles. The SMILES string of the molecule is Cc1cc(OCc2ccccc2)ccc1NC(=O)C1CSCN1. The Morgan fingerprint density at radius 1 is 1.30 bits per heavy atom. The molecule has 1 unspecified atom stereocenters. The first-order valence-corrected chi connectivity index (χ1v) is 8.77. The van der Waals surface area contributed by atoms with Crippen molar-refractivity contribution in [2.75, 3.05) is 16.9 Å². The number of amides is 1. The molecular weight excluding hydrogens is 308 g/mol. The second-order valence-corrected chi connectivity index (χ2v) is 6.54. The molecule has 120 valence electrons. The van der Waals surface area contributed by atoms with Crippen molar-refractivity contribution in [1.29, 1.82) is 0 Å². The maximum absolute atomic E-state index is 12.1. The van der Waals surface area contributed by atoms with Gasteiger partial charge in [-0.15, -0.1) is 11.8 Å². The van der Waals surface area contributed by atoms with E-state index in [-0.39, 0.29) is 11.9 Å². The van der Waals surface area contributed by atoms with Gasteiger partial charge < -0.3 is 10.1 Å². The number of carbonyl (C=O) groups is 1. The Hall–Kier alpha value is -1.98. The third kappa shape index (κ3) is 4.27. The highest BCUT2D eigenvalue weighted by Crippen LogP contribution is 2.23. The lowest BCUT2D eigenvalue weighted by molar-refractivity contribution is -0.117. The summed E-state index contributed by atoms with van der Waals surface area (Å²) in [5.74, 6) is 2.49. The normalized spacial score (nSPS) is 17.0. The van der Waals surface area contributed by atoms with Crippen LogP contribution in [0, 0.1) is 6.92 Å². The zero-order valence-corrected chi connectivity index (χ0v) is 13.9. The first-order chi connectivity index (χ1) is 11.2. The van der Waals surface area contributed by atoms with Crippen LogP contribution in [0.5, 0.6) is 5.75 Å². The van der Waals surface area contributed by atoms with E-state index in [1.54, 1.807) is 11.8 Å². The largest absolute Gasteiger partial charge is 0.489 e. The summed E-state index contributed by atoms with van der Waals surface area (Å²) >= 11 is 1.74. The monoisotopic (exact) mass is 328 g/mol. The molecule has 2 N–H and O–H groups in total. The fourth-order valence-corrected chi connectivity index (χ4v) is 3.33. The van der Waals surface area contributed by atoms with Crippen LogP contribution in [0.25, 0.3) is 0 Å². The Labute approximate surface area is 140 Å². The van der Waals surface area contributed by atoms with Gasteiger partial charge in [0, 0.05) is 17.3 Å². The van der Waals surface area contributed by atoms with Crippen molar-refractivity contribution < 1.29 is 9.53 Å². The molecular formula is C18H20N2O2S. The summed E-state index contributed by atoms with van der Waals surface area (Å²) in [7, 11) is 0. The minimum absolute atomic E-state index is 0.0241. The molecule has 23 heavy (non-hydrogen) atoms. The maximum atomic E-state index is 12.1. The van der Waals surface area contributed by atoms with Crippen LogP contribution in [0.1, 0.15) is 11.1 Å². The van der Waals surface area contributed by atoms with Crippen molar-refractivity contribution in [2.24, 2.45) is 0 Å². The van der Waals surface area contributed by atoms with Gasteiger partial charge in [0.25, 0.3) is 0 Å². The molecule has 0 bridgehead atoms. The Balaban J connectivity index is 1.60. The lowest BCUT2D eigenvalue weighted by Gasteiger charge is -2.14. The Bertz CT molecular complexity index is 670. The van der Waals surface area contributed by atoms with E-state index in [4.69, 9.17) is 4.74 Å². The highest BCUT2D eigenvalue weighted by molar-refractivity contribution is 7.99. The summed E-state index contributed by atoms with van der Waals surface area (Å²) in [5, 5.41) is 6.15. The minimum atomic E-state index is -0.103. The molecule has 0 aromatic heterocycles. The van der Waals surface area contributed by atoms with Gasteiger partial charge in [0.05, 0.1) is 6.04 Å². The number of benzene rings is 2. The second kappa shape index (κ2) is 7.53. The molecule has 4 nitrogen and oxygen atoms in total. The van der Waals surface area contributed by atoms with Crippen LogP contribution < -0.4 is 15.4 Å². The summed E-state index contributed by atoms with van der Waals surface area (Å²) in [5.41, 5.74) is 2.96. The van der Waals surface area contributed by atoms with Gasteiger partial charge in [-0.25, -0.2) is 0 Å². The average Bonchev–Trinajstić information content (AvgIpc) is 3.11. The van der Waals surface area contributed by atoms with Crippen molar-refractivity contribution in [3.8, 4) is 5.75 Å². The zero-order chi connectivity index (χ0) is 16.1. The van der Waals surface area contributed by atoms with E-state index in [0.717, 1.165) is 34.2 Å². The summed E-state index contributed by atoms with van der Waals surface area (Å²) in [6.45, 7) is 2.51.